The summed E-state index contributed by atoms with van der Waals surface area (Å²) < 4.78 is 27.8. The summed E-state index contributed by atoms with van der Waals surface area (Å²) in [4.78, 5) is 0. The topological polar surface area (TPSA) is 57.5 Å². The quantitative estimate of drug-likeness (QED) is 0.180. The fraction of sp³-hybridized carbons (Fsp3) is 0. The molecule has 0 bridgehead atoms. The highest BCUT2D eigenvalue weighted by Gasteiger charge is 2.19. The van der Waals surface area contributed by atoms with Crippen molar-refractivity contribution in [3.63, 3.8) is 0 Å². The summed E-state index contributed by atoms with van der Waals surface area (Å²) in [6.45, 7) is 0. The number of nitrogens with zero attached hydrogens (tertiary/aromatic N) is 1. The molecule has 274 valence electrons. The standard InChI is InChI=1S/C54H29NO4/c1-2-8-34(9-3-1)55-45-18-14-30(32-16-20-49-39(24-32)43-28-51-41(26-53(43)58-49)35-10-4-6-12-47(35)56-51)22-37(45)38-23-31(15-19-46(38)55)33-17-21-50-40(25-33)44-29-52-42(27-54(44)59-50)36-11-5-7-13-48(36)57-52/h1-29H. The summed E-state index contributed by atoms with van der Waals surface area (Å²) >= 11 is 0. The first kappa shape index (κ1) is 31.1. The van der Waals surface area contributed by atoms with E-state index in [-0.39, 0.29) is 0 Å². The Hall–Kier alpha value is -8.02. The SMILES string of the molecule is c1ccc(-n2c3ccc(-c4ccc5oc6cc7c(cc6c5c4)oc4ccccc47)cc3c3cc(-c4ccc5oc6cc7c(cc6c5c4)oc4ccccc47)ccc32)cc1. The van der Waals surface area contributed by atoms with Crippen molar-refractivity contribution in [3.8, 4) is 27.9 Å². The minimum Gasteiger partial charge on any atom is -0.456 e. The zero-order valence-electron chi connectivity index (χ0n) is 31.3. The molecule has 0 radical (unpaired) electrons. The summed E-state index contributed by atoms with van der Waals surface area (Å²) in [5.41, 5.74) is 14.9. The molecule has 0 aliphatic rings. The van der Waals surface area contributed by atoms with Gasteiger partial charge in [-0.3, -0.25) is 0 Å². The smallest absolute Gasteiger partial charge is 0.136 e. The van der Waals surface area contributed by atoms with Gasteiger partial charge in [-0.15, -0.1) is 0 Å². The van der Waals surface area contributed by atoms with Gasteiger partial charge in [-0.25, -0.2) is 0 Å². The first-order valence-electron chi connectivity index (χ1n) is 19.9. The molecule has 0 atom stereocenters. The molecule has 0 spiro atoms. The zero-order valence-corrected chi connectivity index (χ0v) is 31.3. The first-order valence-corrected chi connectivity index (χ1v) is 19.9. The molecule has 0 aliphatic heterocycles. The molecular weight excluding hydrogens is 727 g/mol. The Morgan fingerprint density at radius 1 is 0.237 bits per heavy atom. The summed E-state index contributed by atoms with van der Waals surface area (Å²) in [5, 5.41) is 10.9. The number of hydrogen-bond donors (Lipinski definition) is 0. The lowest BCUT2D eigenvalue weighted by Gasteiger charge is -2.08. The van der Waals surface area contributed by atoms with Gasteiger partial charge < -0.3 is 22.2 Å². The van der Waals surface area contributed by atoms with Crippen molar-refractivity contribution in [1.82, 2.24) is 4.57 Å². The number of rotatable bonds is 3. The second-order valence-electron chi connectivity index (χ2n) is 15.6. The van der Waals surface area contributed by atoms with Crippen LogP contribution in [0, 0.1) is 0 Å². The summed E-state index contributed by atoms with van der Waals surface area (Å²) in [6, 6.07) is 62.1. The molecule has 0 fully saturated rings. The Morgan fingerprint density at radius 2 is 0.576 bits per heavy atom. The largest absolute Gasteiger partial charge is 0.456 e. The number of fused-ring (bicyclic) bond motifs is 15. The molecule has 0 saturated heterocycles. The van der Waals surface area contributed by atoms with Gasteiger partial charge in [-0.05, 0) is 119 Å². The van der Waals surface area contributed by atoms with Crippen LogP contribution in [0.1, 0.15) is 0 Å². The molecule has 0 unspecified atom stereocenters. The van der Waals surface area contributed by atoms with E-state index in [0.29, 0.717) is 0 Å². The molecule has 5 nitrogen and oxygen atoms in total. The highest BCUT2D eigenvalue weighted by molar-refractivity contribution is 6.17. The molecule has 14 rings (SSSR count). The van der Waals surface area contributed by atoms with Crippen LogP contribution in [0.4, 0.5) is 0 Å². The van der Waals surface area contributed by atoms with Crippen LogP contribution in [0.5, 0.6) is 0 Å². The van der Waals surface area contributed by atoms with Gasteiger partial charge in [0.25, 0.3) is 0 Å². The van der Waals surface area contributed by atoms with Gasteiger partial charge in [0.1, 0.15) is 44.7 Å². The van der Waals surface area contributed by atoms with E-state index in [9.17, 15) is 0 Å². The third-order valence-corrected chi connectivity index (χ3v) is 12.4. The van der Waals surface area contributed by atoms with Gasteiger partial charge in [-0.2, -0.15) is 0 Å². The van der Waals surface area contributed by atoms with Crippen molar-refractivity contribution in [2.45, 2.75) is 0 Å². The van der Waals surface area contributed by atoms with E-state index in [0.717, 1.165) is 127 Å². The molecule has 0 aliphatic carbocycles. The van der Waals surface area contributed by atoms with E-state index >= 15 is 0 Å². The summed E-state index contributed by atoms with van der Waals surface area (Å²) in [5.74, 6) is 0. The minimum absolute atomic E-state index is 0.856. The Labute approximate surface area is 334 Å². The van der Waals surface area contributed by atoms with Crippen LogP contribution in [0.3, 0.4) is 0 Å². The van der Waals surface area contributed by atoms with E-state index in [2.05, 4.69) is 144 Å². The maximum absolute atomic E-state index is 6.43. The minimum atomic E-state index is 0.856. The van der Waals surface area contributed by atoms with Gasteiger partial charge in [0.2, 0.25) is 0 Å². The lowest BCUT2D eigenvalue weighted by molar-refractivity contribution is 0.664. The first-order chi connectivity index (χ1) is 29.2. The Balaban J connectivity index is 0.940. The maximum atomic E-state index is 6.43. The Morgan fingerprint density at radius 3 is 1.03 bits per heavy atom. The van der Waals surface area contributed by atoms with Gasteiger partial charge in [0, 0.05) is 59.5 Å². The van der Waals surface area contributed by atoms with Crippen LogP contribution < -0.4 is 0 Å². The second kappa shape index (κ2) is 11.3. The fourth-order valence-corrected chi connectivity index (χ4v) is 9.59. The lowest BCUT2D eigenvalue weighted by Crippen LogP contribution is -1.93. The summed E-state index contributed by atoms with van der Waals surface area (Å²) in [7, 11) is 0. The van der Waals surface area contributed by atoms with Crippen molar-refractivity contribution < 1.29 is 17.7 Å². The van der Waals surface area contributed by atoms with Crippen LogP contribution in [0.15, 0.2) is 194 Å². The van der Waals surface area contributed by atoms with E-state index in [4.69, 9.17) is 17.7 Å². The van der Waals surface area contributed by atoms with Crippen LogP contribution in [0.25, 0.3) is 138 Å². The van der Waals surface area contributed by atoms with Gasteiger partial charge in [0.15, 0.2) is 0 Å². The van der Waals surface area contributed by atoms with Crippen molar-refractivity contribution >= 4 is 110 Å². The molecule has 5 heteroatoms. The fourth-order valence-electron chi connectivity index (χ4n) is 9.59. The van der Waals surface area contributed by atoms with Crippen molar-refractivity contribution in [2.24, 2.45) is 0 Å². The number of furan rings is 4. The second-order valence-corrected chi connectivity index (χ2v) is 15.6. The monoisotopic (exact) mass is 755 g/mol. The number of aromatic nitrogens is 1. The number of para-hydroxylation sites is 3. The lowest BCUT2D eigenvalue weighted by atomic mass is 9.98. The zero-order chi connectivity index (χ0) is 38.3. The normalized spacial score (nSPS) is 12.4. The van der Waals surface area contributed by atoms with E-state index in [1.54, 1.807) is 0 Å². The molecule has 0 amide bonds. The Bertz CT molecular complexity index is 3830. The van der Waals surface area contributed by atoms with E-state index in [1.807, 2.05) is 36.4 Å². The molecule has 0 saturated carbocycles. The molecule has 14 aromatic rings. The van der Waals surface area contributed by atoms with Crippen LogP contribution in [0.2, 0.25) is 0 Å². The highest BCUT2D eigenvalue weighted by Crippen LogP contribution is 2.42. The molecule has 5 heterocycles. The third kappa shape index (κ3) is 4.39. The van der Waals surface area contributed by atoms with Crippen LogP contribution in [-0.2, 0) is 0 Å². The highest BCUT2D eigenvalue weighted by atomic mass is 16.3. The molecule has 5 aromatic heterocycles. The molecular formula is C54H29NO4. The predicted octanol–water partition coefficient (Wildman–Crippen LogP) is 15.7. The summed E-state index contributed by atoms with van der Waals surface area (Å²) in [6.07, 6.45) is 0. The van der Waals surface area contributed by atoms with Crippen molar-refractivity contribution in [3.05, 3.63) is 176 Å². The van der Waals surface area contributed by atoms with E-state index < -0.39 is 0 Å². The molecule has 9 aromatic carbocycles. The number of hydrogen-bond acceptors (Lipinski definition) is 4. The van der Waals surface area contributed by atoms with Gasteiger partial charge in [-0.1, -0.05) is 78.9 Å². The van der Waals surface area contributed by atoms with Gasteiger partial charge in [0.05, 0.1) is 11.0 Å². The van der Waals surface area contributed by atoms with Crippen LogP contribution >= 0.6 is 0 Å². The van der Waals surface area contributed by atoms with Crippen molar-refractivity contribution in [1.29, 1.82) is 0 Å². The number of benzene rings is 9. The van der Waals surface area contributed by atoms with E-state index in [1.165, 1.54) is 10.8 Å². The average Bonchev–Trinajstić information content (AvgIpc) is 4.09. The Kier molecular flexibility index (Phi) is 5.96. The molecule has 59 heavy (non-hydrogen) atoms. The predicted molar refractivity (Wildman–Crippen MR) is 241 cm³/mol. The van der Waals surface area contributed by atoms with Crippen molar-refractivity contribution in [2.75, 3.05) is 0 Å². The van der Waals surface area contributed by atoms with Gasteiger partial charge >= 0.3 is 0 Å². The maximum Gasteiger partial charge on any atom is 0.136 e. The molecule has 0 N–H and O–H groups in total. The average molecular weight is 756 g/mol. The van der Waals surface area contributed by atoms with Crippen LogP contribution in [-0.4, -0.2) is 4.57 Å². The third-order valence-electron chi connectivity index (χ3n) is 12.4.